The van der Waals surface area contributed by atoms with E-state index in [0.29, 0.717) is 38.1 Å². The maximum atomic E-state index is 4.75. The summed E-state index contributed by atoms with van der Waals surface area (Å²) in [6.45, 7) is 19.9. The lowest BCUT2D eigenvalue weighted by Gasteiger charge is -2.29. The third kappa shape index (κ3) is 5.18. The number of anilines is 3. The molecule has 1 aromatic rings. The summed E-state index contributed by atoms with van der Waals surface area (Å²) < 4.78 is 0. The molecule has 0 spiro atoms. The maximum Gasteiger partial charge on any atom is 0.232 e. The lowest BCUT2D eigenvalue weighted by molar-refractivity contribution is 0.566. The highest BCUT2D eigenvalue weighted by molar-refractivity contribution is 5.48. The minimum absolute atomic E-state index is 0.647. The fourth-order valence-corrected chi connectivity index (χ4v) is 2.96. The third-order valence-corrected chi connectivity index (χ3v) is 4.20. The summed E-state index contributed by atoms with van der Waals surface area (Å²) in [4.78, 5) is 20.6. The number of hydrogen-bond donors (Lipinski definition) is 0. The van der Waals surface area contributed by atoms with Gasteiger partial charge >= 0.3 is 0 Å². The van der Waals surface area contributed by atoms with Gasteiger partial charge in [0.05, 0.1) is 0 Å². The minimum Gasteiger partial charge on any atom is -0.341 e. The molecular formula is C20H30N6. The maximum absolute atomic E-state index is 4.75. The minimum atomic E-state index is 0.647. The Hall–Kier alpha value is -2.63. The normalized spacial score (nSPS) is 13.8. The van der Waals surface area contributed by atoms with E-state index in [-0.39, 0.29) is 0 Å². The summed E-state index contributed by atoms with van der Waals surface area (Å²) in [7, 11) is 0. The van der Waals surface area contributed by atoms with E-state index in [4.69, 9.17) is 15.0 Å². The van der Waals surface area contributed by atoms with E-state index in [9.17, 15) is 0 Å². The number of nitrogens with zero attached hydrogens (tertiary/aromatic N) is 6. The van der Waals surface area contributed by atoms with Crippen molar-refractivity contribution < 1.29 is 0 Å². The molecule has 6 nitrogen and oxygen atoms in total. The molecule has 0 saturated carbocycles. The van der Waals surface area contributed by atoms with Crippen LogP contribution in [0.5, 0.6) is 0 Å². The number of rotatable bonds is 11. The summed E-state index contributed by atoms with van der Waals surface area (Å²) in [5.41, 5.74) is 0. The van der Waals surface area contributed by atoms with Crippen molar-refractivity contribution in [2.24, 2.45) is 0 Å². The van der Waals surface area contributed by atoms with Gasteiger partial charge in [0.15, 0.2) is 0 Å². The van der Waals surface area contributed by atoms with Crippen molar-refractivity contribution >= 4 is 17.8 Å². The summed E-state index contributed by atoms with van der Waals surface area (Å²) >= 11 is 0. The molecule has 0 bridgehead atoms. The molecular weight excluding hydrogens is 324 g/mol. The van der Waals surface area contributed by atoms with E-state index < -0.39 is 0 Å². The summed E-state index contributed by atoms with van der Waals surface area (Å²) in [5, 5.41) is 0. The number of piperidine rings is 1. The highest BCUT2D eigenvalue weighted by atomic mass is 15.4. The first kappa shape index (κ1) is 19.7. The van der Waals surface area contributed by atoms with Gasteiger partial charge < -0.3 is 14.7 Å². The van der Waals surface area contributed by atoms with Crippen molar-refractivity contribution in [3.8, 4) is 0 Å². The van der Waals surface area contributed by atoms with E-state index in [1.54, 1.807) is 0 Å². The van der Waals surface area contributed by atoms with Crippen LogP contribution in [-0.4, -0.2) is 54.2 Å². The Labute approximate surface area is 157 Å². The molecule has 1 aliphatic heterocycles. The van der Waals surface area contributed by atoms with Crippen LogP contribution in [0.1, 0.15) is 19.3 Å². The molecule has 0 amide bonds. The van der Waals surface area contributed by atoms with Crippen LogP contribution in [0.4, 0.5) is 17.8 Å². The molecule has 1 fully saturated rings. The van der Waals surface area contributed by atoms with Crippen LogP contribution in [0.15, 0.2) is 50.6 Å². The van der Waals surface area contributed by atoms with Gasteiger partial charge in [-0.2, -0.15) is 15.0 Å². The quantitative estimate of drug-likeness (QED) is 0.569. The summed E-state index contributed by atoms with van der Waals surface area (Å²) in [6.07, 6.45) is 11.0. The first-order valence-corrected chi connectivity index (χ1v) is 9.18. The van der Waals surface area contributed by atoms with Crippen LogP contribution in [-0.2, 0) is 0 Å². The average molecular weight is 355 g/mol. The smallest absolute Gasteiger partial charge is 0.232 e. The van der Waals surface area contributed by atoms with Crippen molar-refractivity contribution in [1.82, 2.24) is 15.0 Å². The zero-order valence-electron chi connectivity index (χ0n) is 15.7. The van der Waals surface area contributed by atoms with Gasteiger partial charge in [0.25, 0.3) is 0 Å². The fraction of sp³-hybridized carbons (Fsp3) is 0.450. The van der Waals surface area contributed by atoms with Crippen LogP contribution in [0, 0.1) is 0 Å². The van der Waals surface area contributed by atoms with E-state index >= 15 is 0 Å². The zero-order chi connectivity index (χ0) is 18.8. The topological polar surface area (TPSA) is 48.4 Å². The molecule has 1 saturated heterocycles. The molecule has 0 atom stereocenters. The Morgan fingerprint density at radius 3 is 1.50 bits per heavy atom. The highest BCUT2D eigenvalue weighted by Crippen LogP contribution is 2.22. The van der Waals surface area contributed by atoms with Gasteiger partial charge in [-0.05, 0) is 19.3 Å². The second kappa shape index (κ2) is 10.4. The van der Waals surface area contributed by atoms with Crippen LogP contribution in [0.3, 0.4) is 0 Å². The van der Waals surface area contributed by atoms with E-state index in [1.807, 2.05) is 34.1 Å². The largest absolute Gasteiger partial charge is 0.341 e. The van der Waals surface area contributed by atoms with E-state index in [2.05, 4.69) is 31.2 Å². The molecule has 140 valence electrons. The molecule has 26 heavy (non-hydrogen) atoms. The van der Waals surface area contributed by atoms with Crippen LogP contribution >= 0.6 is 0 Å². The lowest BCUT2D eigenvalue weighted by Crippen LogP contribution is -2.34. The second-order valence-corrected chi connectivity index (χ2v) is 6.25. The Morgan fingerprint density at radius 1 is 0.692 bits per heavy atom. The van der Waals surface area contributed by atoms with Gasteiger partial charge in [-0.1, -0.05) is 24.3 Å². The van der Waals surface area contributed by atoms with Gasteiger partial charge in [0.2, 0.25) is 17.8 Å². The van der Waals surface area contributed by atoms with Gasteiger partial charge in [-0.15, -0.1) is 26.3 Å². The van der Waals surface area contributed by atoms with Gasteiger partial charge in [-0.25, -0.2) is 0 Å². The fourth-order valence-electron chi connectivity index (χ4n) is 2.96. The van der Waals surface area contributed by atoms with Gasteiger partial charge in [-0.3, -0.25) is 0 Å². The molecule has 0 radical (unpaired) electrons. The molecule has 0 N–H and O–H groups in total. The van der Waals surface area contributed by atoms with Crippen LogP contribution in [0.25, 0.3) is 0 Å². The van der Waals surface area contributed by atoms with Crippen LogP contribution in [0.2, 0.25) is 0 Å². The Balaban J connectivity index is 2.45. The van der Waals surface area contributed by atoms with Crippen molar-refractivity contribution in [3.63, 3.8) is 0 Å². The summed E-state index contributed by atoms with van der Waals surface area (Å²) in [5.74, 6) is 2.03. The standard InChI is InChI=1S/C20H30N6/c1-5-12-24(13-6-2)18-21-19(25(14-7-3)15-8-4)23-20(22-18)26-16-10-9-11-17-26/h5-8H,1-4,9-17H2. The van der Waals surface area contributed by atoms with E-state index in [1.165, 1.54) is 19.3 Å². The Bertz CT molecular complexity index is 558. The molecule has 2 rings (SSSR count). The zero-order valence-corrected chi connectivity index (χ0v) is 15.7. The second-order valence-electron chi connectivity index (χ2n) is 6.25. The molecule has 2 heterocycles. The SMILES string of the molecule is C=CCN(CC=C)c1nc(N(CC=C)CC=C)nc(N2CCCCC2)n1. The molecule has 1 aromatic heterocycles. The average Bonchev–Trinajstić information content (AvgIpc) is 2.68. The molecule has 6 heteroatoms. The van der Waals surface area contributed by atoms with Crippen LogP contribution < -0.4 is 14.7 Å². The molecule has 0 aliphatic carbocycles. The highest BCUT2D eigenvalue weighted by Gasteiger charge is 2.20. The molecule has 0 aromatic carbocycles. The Morgan fingerprint density at radius 2 is 1.12 bits per heavy atom. The Kier molecular flexibility index (Phi) is 7.86. The lowest BCUT2D eigenvalue weighted by atomic mass is 10.1. The van der Waals surface area contributed by atoms with Crippen molar-refractivity contribution in [1.29, 1.82) is 0 Å². The predicted molar refractivity (Wildman–Crippen MR) is 111 cm³/mol. The third-order valence-electron chi connectivity index (χ3n) is 4.20. The first-order chi connectivity index (χ1) is 12.7. The predicted octanol–water partition coefficient (Wildman–Crippen LogP) is 3.22. The van der Waals surface area contributed by atoms with E-state index in [0.717, 1.165) is 19.0 Å². The van der Waals surface area contributed by atoms with Crippen molar-refractivity contribution in [3.05, 3.63) is 50.6 Å². The van der Waals surface area contributed by atoms with Crippen molar-refractivity contribution in [2.45, 2.75) is 19.3 Å². The monoisotopic (exact) mass is 354 g/mol. The summed E-state index contributed by atoms with van der Waals surface area (Å²) in [6, 6.07) is 0. The number of aromatic nitrogens is 3. The first-order valence-electron chi connectivity index (χ1n) is 9.18. The van der Waals surface area contributed by atoms with Crippen molar-refractivity contribution in [2.75, 3.05) is 54.0 Å². The molecule has 1 aliphatic rings. The molecule has 0 unspecified atom stereocenters. The van der Waals surface area contributed by atoms with Gasteiger partial charge in [0, 0.05) is 39.3 Å². The van der Waals surface area contributed by atoms with Gasteiger partial charge in [0.1, 0.15) is 0 Å². The number of hydrogen-bond acceptors (Lipinski definition) is 6.